The fourth-order valence-corrected chi connectivity index (χ4v) is 4.91. The zero-order valence-corrected chi connectivity index (χ0v) is 26.2. The summed E-state index contributed by atoms with van der Waals surface area (Å²) >= 11 is 0. The summed E-state index contributed by atoms with van der Waals surface area (Å²) in [6, 6.07) is 25.2. The maximum atomic E-state index is 12.6. The molecule has 0 aliphatic carbocycles. The molecular formula is C38H45NO6. The van der Waals surface area contributed by atoms with E-state index in [0.717, 1.165) is 68.9 Å². The van der Waals surface area contributed by atoms with Crippen molar-refractivity contribution in [3.8, 4) is 0 Å². The number of carbonyl (C=O) groups excluding carboxylic acids is 2. The van der Waals surface area contributed by atoms with Crippen molar-refractivity contribution < 1.29 is 24.0 Å². The van der Waals surface area contributed by atoms with Crippen molar-refractivity contribution in [1.29, 1.82) is 0 Å². The second kappa shape index (κ2) is 20.4. The number of rotatable bonds is 20. The summed E-state index contributed by atoms with van der Waals surface area (Å²) in [7, 11) is 0. The molecule has 0 bridgehead atoms. The van der Waals surface area contributed by atoms with Crippen LogP contribution in [0.2, 0.25) is 0 Å². The van der Waals surface area contributed by atoms with Gasteiger partial charge in [-0.3, -0.25) is 14.9 Å². The van der Waals surface area contributed by atoms with Crippen LogP contribution in [-0.2, 0) is 14.3 Å². The quantitative estimate of drug-likeness (QED) is 0.0415. The maximum Gasteiger partial charge on any atom is 0.338 e. The van der Waals surface area contributed by atoms with Crippen molar-refractivity contribution in [2.75, 3.05) is 0 Å². The first kappa shape index (κ1) is 35.0. The van der Waals surface area contributed by atoms with Gasteiger partial charge in [0.15, 0.2) is 6.10 Å². The first-order valence-electron chi connectivity index (χ1n) is 16.0. The minimum absolute atomic E-state index is 0.0542. The van der Waals surface area contributed by atoms with E-state index in [0.29, 0.717) is 18.4 Å². The largest absolute Gasteiger partial charge is 0.459 e. The predicted octanol–water partition coefficient (Wildman–Crippen LogP) is 9.88. The van der Waals surface area contributed by atoms with Gasteiger partial charge in [0.25, 0.3) is 5.69 Å². The second-order valence-electron chi connectivity index (χ2n) is 11.0. The lowest BCUT2D eigenvalue weighted by molar-refractivity contribution is -0.384. The van der Waals surface area contributed by atoms with E-state index in [9.17, 15) is 19.7 Å². The number of unbranched alkanes of at least 4 members (excludes halogenated alkanes) is 5. The lowest BCUT2D eigenvalue weighted by atomic mass is 10.0. The van der Waals surface area contributed by atoms with E-state index in [4.69, 9.17) is 9.47 Å². The summed E-state index contributed by atoms with van der Waals surface area (Å²) in [5, 5.41) is 10.8. The van der Waals surface area contributed by atoms with E-state index in [2.05, 4.69) is 24.3 Å². The third kappa shape index (κ3) is 13.3. The molecule has 0 heterocycles. The summed E-state index contributed by atoms with van der Waals surface area (Å²) in [4.78, 5) is 35.2. The number of nitro groups is 1. The lowest BCUT2D eigenvalue weighted by Crippen LogP contribution is -2.17. The summed E-state index contributed by atoms with van der Waals surface area (Å²) in [6.45, 7) is 1.97. The SMILES string of the molecule is CC[C@H](CC/C=C\C/C=C\CCCCCCCC(=O)OC(c1ccccc1)c1ccccc1)OC(=O)c1ccc([N+](=O)[O-])cc1. The number of hydrogen-bond acceptors (Lipinski definition) is 6. The first-order valence-corrected chi connectivity index (χ1v) is 16.0. The van der Waals surface area contributed by atoms with E-state index in [1.54, 1.807) is 0 Å². The average Bonchev–Trinajstić information content (AvgIpc) is 3.07. The molecule has 7 nitrogen and oxygen atoms in total. The van der Waals surface area contributed by atoms with Crippen LogP contribution in [0.5, 0.6) is 0 Å². The summed E-state index contributed by atoms with van der Waals surface area (Å²) in [5.74, 6) is -0.612. The van der Waals surface area contributed by atoms with Crippen LogP contribution in [-0.4, -0.2) is 23.0 Å². The highest BCUT2D eigenvalue weighted by Crippen LogP contribution is 2.26. The highest BCUT2D eigenvalue weighted by molar-refractivity contribution is 5.89. The van der Waals surface area contributed by atoms with Gasteiger partial charge in [0.2, 0.25) is 0 Å². The zero-order valence-electron chi connectivity index (χ0n) is 26.2. The maximum absolute atomic E-state index is 12.6. The molecule has 238 valence electrons. The van der Waals surface area contributed by atoms with Crippen LogP contribution >= 0.6 is 0 Å². The summed E-state index contributed by atoms with van der Waals surface area (Å²) in [5.41, 5.74) is 2.22. The van der Waals surface area contributed by atoms with Crippen molar-refractivity contribution in [3.63, 3.8) is 0 Å². The van der Waals surface area contributed by atoms with Gasteiger partial charge in [-0.25, -0.2) is 4.79 Å². The van der Waals surface area contributed by atoms with Crippen LogP contribution < -0.4 is 0 Å². The van der Waals surface area contributed by atoms with E-state index in [1.165, 1.54) is 24.3 Å². The van der Waals surface area contributed by atoms with E-state index in [1.807, 2.05) is 67.6 Å². The van der Waals surface area contributed by atoms with E-state index >= 15 is 0 Å². The summed E-state index contributed by atoms with van der Waals surface area (Å²) in [6.07, 6.45) is 17.9. The van der Waals surface area contributed by atoms with Crippen LogP contribution in [0.4, 0.5) is 5.69 Å². The molecule has 7 heteroatoms. The third-order valence-corrected chi connectivity index (χ3v) is 7.51. The number of esters is 2. The number of carbonyl (C=O) groups is 2. The van der Waals surface area contributed by atoms with Crippen LogP contribution in [0.3, 0.4) is 0 Å². The number of benzene rings is 3. The minimum Gasteiger partial charge on any atom is -0.459 e. The molecule has 0 saturated carbocycles. The topological polar surface area (TPSA) is 95.7 Å². The van der Waals surface area contributed by atoms with Gasteiger partial charge in [-0.2, -0.15) is 0 Å². The normalized spacial score (nSPS) is 12.0. The van der Waals surface area contributed by atoms with Gasteiger partial charge in [0, 0.05) is 18.6 Å². The predicted molar refractivity (Wildman–Crippen MR) is 178 cm³/mol. The molecule has 3 aromatic rings. The number of nitrogens with zero attached hydrogens (tertiary/aromatic N) is 1. The number of allylic oxidation sites excluding steroid dienone is 4. The Kier molecular flexibility index (Phi) is 15.9. The molecule has 1 atom stereocenters. The fraction of sp³-hybridized carbons (Fsp3) is 0.368. The Hall–Kier alpha value is -4.52. The molecule has 0 saturated heterocycles. The van der Waals surface area contributed by atoms with Gasteiger partial charge in [0.1, 0.15) is 6.10 Å². The van der Waals surface area contributed by atoms with Crippen molar-refractivity contribution in [2.45, 2.75) is 89.8 Å². The third-order valence-electron chi connectivity index (χ3n) is 7.51. The molecule has 0 fully saturated rings. The lowest BCUT2D eigenvalue weighted by Gasteiger charge is -2.19. The Morgan fingerprint density at radius 1 is 0.733 bits per heavy atom. The van der Waals surface area contributed by atoms with Gasteiger partial charge in [0.05, 0.1) is 10.5 Å². The Balaban J connectivity index is 1.21. The number of nitro benzene ring substituents is 1. The molecule has 0 N–H and O–H groups in total. The van der Waals surface area contributed by atoms with E-state index < -0.39 is 10.9 Å². The summed E-state index contributed by atoms with van der Waals surface area (Å²) < 4.78 is 11.5. The second-order valence-corrected chi connectivity index (χ2v) is 11.0. The van der Waals surface area contributed by atoms with Crippen LogP contribution in [0, 0.1) is 10.1 Å². The fourth-order valence-electron chi connectivity index (χ4n) is 4.91. The Morgan fingerprint density at radius 2 is 1.31 bits per heavy atom. The number of ether oxygens (including phenoxy) is 2. The minimum atomic E-state index is -0.495. The molecule has 0 spiro atoms. The van der Waals surface area contributed by atoms with Gasteiger partial charge >= 0.3 is 11.9 Å². The van der Waals surface area contributed by atoms with Crippen molar-refractivity contribution in [3.05, 3.63) is 136 Å². The molecule has 0 aliphatic heterocycles. The standard InChI is InChI=1S/C38H45NO6/c1-2-35(44-38(41)33-27-29-34(30-28-33)39(42)43)25-19-11-9-7-5-3-4-6-8-10-12-20-26-36(40)45-37(31-21-15-13-16-22-31)32-23-17-14-18-24-32/h3,5,9,11,13-18,21-24,27-30,35,37H,2,4,6-8,10,12,19-20,25-26H2,1H3/b5-3-,11-9-/t35-/m1/s1. The monoisotopic (exact) mass is 611 g/mol. The highest BCUT2D eigenvalue weighted by atomic mass is 16.6. The molecule has 0 radical (unpaired) electrons. The molecule has 45 heavy (non-hydrogen) atoms. The number of hydrogen-bond donors (Lipinski definition) is 0. The van der Waals surface area contributed by atoms with Crippen molar-refractivity contribution in [2.24, 2.45) is 0 Å². The van der Waals surface area contributed by atoms with E-state index in [-0.39, 0.29) is 23.9 Å². The van der Waals surface area contributed by atoms with Crippen LogP contribution in [0.15, 0.2) is 109 Å². The first-order chi connectivity index (χ1) is 22.0. The molecule has 0 amide bonds. The van der Waals surface area contributed by atoms with Crippen molar-refractivity contribution >= 4 is 17.6 Å². The van der Waals surface area contributed by atoms with Gasteiger partial charge in [-0.05, 0) is 68.2 Å². The van der Waals surface area contributed by atoms with Gasteiger partial charge < -0.3 is 9.47 Å². The Bertz CT molecular complexity index is 1310. The molecule has 0 unspecified atom stereocenters. The van der Waals surface area contributed by atoms with Gasteiger partial charge in [-0.15, -0.1) is 0 Å². The number of non-ortho nitro benzene ring substituents is 1. The average molecular weight is 612 g/mol. The van der Waals surface area contributed by atoms with Crippen molar-refractivity contribution in [1.82, 2.24) is 0 Å². The highest BCUT2D eigenvalue weighted by Gasteiger charge is 2.18. The van der Waals surface area contributed by atoms with Crippen LogP contribution in [0.25, 0.3) is 0 Å². The Labute approximate surface area is 267 Å². The van der Waals surface area contributed by atoms with Gasteiger partial charge in [-0.1, -0.05) is 111 Å². The molecule has 0 aliphatic rings. The molecule has 3 aromatic carbocycles. The molecular weight excluding hydrogens is 566 g/mol. The molecule has 0 aromatic heterocycles. The smallest absolute Gasteiger partial charge is 0.338 e. The zero-order chi connectivity index (χ0) is 32.1. The molecule has 3 rings (SSSR count). The Morgan fingerprint density at radius 3 is 1.91 bits per heavy atom. The van der Waals surface area contributed by atoms with Crippen LogP contribution in [0.1, 0.15) is 105 Å².